The molecule has 28 heavy (non-hydrogen) atoms. The van der Waals surface area contributed by atoms with E-state index in [1.54, 1.807) is 0 Å². The molecule has 3 rings (SSSR count). The van der Waals surface area contributed by atoms with Gasteiger partial charge in [-0.2, -0.15) is 0 Å². The van der Waals surface area contributed by atoms with Gasteiger partial charge in [-0.15, -0.1) is 34.2 Å². The van der Waals surface area contributed by atoms with Crippen LogP contribution < -0.4 is 10.6 Å². The molecule has 0 spiro atoms. The number of aromatic nitrogens is 4. The van der Waals surface area contributed by atoms with Gasteiger partial charge in [0, 0.05) is 45.2 Å². The van der Waals surface area contributed by atoms with E-state index in [1.807, 2.05) is 24.6 Å². The third-order valence-corrected chi connectivity index (χ3v) is 5.63. The monoisotopic (exact) mass is 539 g/mol. The lowest BCUT2D eigenvalue weighted by molar-refractivity contribution is 0.600. The molecule has 0 bridgehead atoms. The first-order valence-electron chi connectivity index (χ1n) is 9.53. The molecule has 0 aliphatic carbocycles. The van der Waals surface area contributed by atoms with E-state index < -0.39 is 0 Å². The van der Waals surface area contributed by atoms with E-state index in [0.29, 0.717) is 16.7 Å². The Morgan fingerprint density at radius 1 is 1.21 bits per heavy atom. The summed E-state index contributed by atoms with van der Waals surface area (Å²) in [6, 6.07) is 1.85. The molecule has 156 valence electrons. The van der Waals surface area contributed by atoms with Gasteiger partial charge in [-0.25, -0.2) is 4.99 Å². The van der Waals surface area contributed by atoms with Gasteiger partial charge in [-0.1, -0.05) is 29.6 Å². The molecule has 2 aromatic heterocycles. The molecule has 0 saturated carbocycles. The number of nitrogens with zero attached hydrogens (tertiary/aromatic N) is 5. The number of aryl methyl sites for hydroxylation is 1. The number of hydrogen-bond donors (Lipinski definition) is 2. The average molecular weight is 540 g/mol. The summed E-state index contributed by atoms with van der Waals surface area (Å²) >= 11 is 12.2. The summed E-state index contributed by atoms with van der Waals surface area (Å²) in [5, 5.41) is 16.5. The van der Waals surface area contributed by atoms with Gasteiger partial charge in [0.25, 0.3) is 0 Å². The van der Waals surface area contributed by atoms with Crippen LogP contribution in [0.3, 0.4) is 0 Å². The first-order valence-corrected chi connectivity index (χ1v) is 10.3. The third-order valence-electron chi connectivity index (χ3n) is 4.79. The van der Waals surface area contributed by atoms with Gasteiger partial charge < -0.3 is 19.8 Å². The quantitative estimate of drug-likeness (QED) is 0.334. The molecule has 0 radical (unpaired) electrons. The number of fused-ring (bicyclic) bond motifs is 1. The van der Waals surface area contributed by atoms with Crippen LogP contribution in [0.2, 0.25) is 10.2 Å². The summed E-state index contributed by atoms with van der Waals surface area (Å²) in [7, 11) is 1.89. The van der Waals surface area contributed by atoms with Crippen LogP contribution in [0.4, 0.5) is 0 Å². The fourth-order valence-corrected chi connectivity index (χ4v) is 3.68. The minimum absolute atomic E-state index is 0. The molecule has 0 aromatic carbocycles. The van der Waals surface area contributed by atoms with Gasteiger partial charge in [0.05, 0.1) is 11.6 Å². The van der Waals surface area contributed by atoms with Crippen molar-refractivity contribution in [1.82, 2.24) is 30.0 Å². The lowest BCUT2D eigenvalue weighted by atomic mass is 10.2. The van der Waals surface area contributed by atoms with Crippen molar-refractivity contribution >= 4 is 53.1 Å². The van der Waals surface area contributed by atoms with E-state index in [4.69, 9.17) is 23.2 Å². The number of guanidine groups is 1. The minimum atomic E-state index is 0. The summed E-state index contributed by atoms with van der Waals surface area (Å²) in [5.41, 5.74) is 0.963. The first kappa shape index (κ1) is 23.3. The van der Waals surface area contributed by atoms with Gasteiger partial charge in [0.2, 0.25) is 0 Å². The van der Waals surface area contributed by atoms with Crippen LogP contribution in [0.25, 0.3) is 0 Å². The molecular weight excluding hydrogens is 512 g/mol. The Balaban J connectivity index is 0.00000280. The highest BCUT2D eigenvalue weighted by Gasteiger charge is 2.14. The lowest BCUT2D eigenvalue weighted by Crippen LogP contribution is -2.38. The van der Waals surface area contributed by atoms with E-state index in [9.17, 15) is 0 Å². The van der Waals surface area contributed by atoms with Gasteiger partial charge >= 0.3 is 0 Å². The van der Waals surface area contributed by atoms with Crippen molar-refractivity contribution in [2.45, 2.75) is 52.1 Å². The van der Waals surface area contributed by atoms with Crippen molar-refractivity contribution in [3.8, 4) is 0 Å². The normalized spacial score (nSPS) is 14.2. The first-order chi connectivity index (χ1) is 13.1. The summed E-state index contributed by atoms with van der Waals surface area (Å²) in [6.07, 6.45) is 5.54. The van der Waals surface area contributed by atoms with Crippen molar-refractivity contribution in [2.75, 3.05) is 13.1 Å². The zero-order valence-electron chi connectivity index (χ0n) is 16.3. The average Bonchev–Trinajstić information content (AvgIpc) is 3.03. The fourth-order valence-electron chi connectivity index (χ4n) is 3.27. The van der Waals surface area contributed by atoms with Crippen LogP contribution in [-0.4, -0.2) is 38.4 Å². The molecular formula is C18H28Cl2IN7. The SMILES string of the molecule is CCNC(=NCc1cc(Cl)c(Cl)n1C)NCCc1nnc2n1CCCCC2.I. The van der Waals surface area contributed by atoms with Gasteiger partial charge in [-0.05, 0) is 25.8 Å². The number of hydrogen-bond acceptors (Lipinski definition) is 3. The standard InChI is InChI=1S/C18H27Cl2N7.HI/c1-3-21-18(23-12-13-11-14(19)17(20)26(13)2)22-9-8-16-25-24-15-7-5-4-6-10-27(15)16;/h11H,3-10,12H2,1-2H3,(H2,21,22,23);1H. The van der Waals surface area contributed by atoms with Crippen LogP contribution in [0.5, 0.6) is 0 Å². The minimum Gasteiger partial charge on any atom is -0.357 e. The Morgan fingerprint density at radius 2 is 2.04 bits per heavy atom. The summed E-state index contributed by atoms with van der Waals surface area (Å²) in [5.74, 6) is 2.94. The zero-order valence-corrected chi connectivity index (χ0v) is 20.2. The van der Waals surface area contributed by atoms with E-state index in [-0.39, 0.29) is 24.0 Å². The number of rotatable bonds is 6. The molecule has 2 aromatic rings. The topological polar surface area (TPSA) is 72.1 Å². The molecule has 1 aliphatic rings. The molecule has 0 unspecified atom stereocenters. The second-order valence-corrected chi connectivity index (χ2v) is 7.47. The molecule has 0 atom stereocenters. The molecule has 7 nitrogen and oxygen atoms in total. The predicted molar refractivity (Wildman–Crippen MR) is 125 cm³/mol. The second-order valence-electron chi connectivity index (χ2n) is 6.70. The van der Waals surface area contributed by atoms with Crippen LogP contribution in [0.1, 0.15) is 43.5 Å². The second kappa shape index (κ2) is 11.3. The highest BCUT2D eigenvalue weighted by molar-refractivity contribution is 14.0. The van der Waals surface area contributed by atoms with E-state index in [2.05, 4.69) is 30.4 Å². The number of nitrogens with one attached hydrogen (secondary N) is 2. The van der Waals surface area contributed by atoms with E-state index in [0.717, 1.165) is 55.8 Å². The Kier molecular flexibility index (Phi) is 9.36. The van der Waals surface area contributed by atoms with Crippen molar-refractivity contribution < 1.29 is 0 Å². The Morgan fingerprint density at radius 3 is 2.75 bits per heavy atom. The maximum Gasteiger partial charge on any atom is 0.191 e. The molecule has 0 amide bonds. The maximum atomic E-state index is 6.12. The highest BCUT2D eigenvalue weighted by Crippen LogP contribution is 2.25. The van der Waals surface area contributed by atoms with Crippen LogP contribution in [0, 0.1) is 0 Å². The molecule has 10 heteroatoms. The van der Waals surface area contributed by atoms with Crippen LogP contribution >= 0.6 is 47.2 Å². The van der Waals surface area contributed by atoms with Gasteiger partial charge in [-0.3, -0.25) is 0 Å². The zero-order chi connectivity index (χ0) is 19.2. The van der Waals surface area contributed by atoms with Crippen molar-refractivity contribution in [1.29, 1.82) is 0 Å². The number of halogens is 3. The Bertz CT molecular complexity index is 800. The third kappa shape index (κ3) is 5.76. The molecule has 0 saturated heterocycles. The fraction of sp³-hybridized carbons (Fsp3) is 0.611. The van der Waals surface area contributed by atoms with Crippen LogP contribution in [0.15, 0.2) is 11.1 Å². The molecule has 2 N–H and O–H groups in total. The predicted octanol–water partition coefficient (Wildman–Crippen LogP) is 3.57. The van der Waals surface area contributed by atoms with Crippen molar-refractivity contribution in [3.05, 3.63) is 33.6 Å². The number of aliphatic imine (C=N–C) groups is 1. The van der Waals surface area contributed by atoms with Gasteiger partial charge in [0.1, 0.15) is 16.8 Å². The molecule has 0 fully saturated rings. The summed E-state index contributed by atoms with van der Waals surface area (Å²) in [6.45, 7) is 5.12. The summed E-state index contributed by atoms with van der Waals surface area (Å²) in [4.78, 5) is 4.63. The van der Waals surface area contributed by atoms with Crippen molar-refractivity contribution in [3.63, 3.8) is 0 Å². The largest absolute Gasteiger partial charge is 0.357 e. The van der Waals surface area contributed by atoms with Gasteiger partial charge in [0.15, 0.2) is 5.96 Å². The maximum absolute atomic E-state index is 6.12. The highest BCUT2D eigenvalue weighted by atomic mass is 127. The molecule has 3 heterocycles. The van der Waals surface area contributed by atoms with Crippen molar-refractivity contribution in [2.24, 2.45) is 12.0 Å². The lowest BCUT2D eigenvalue weighted by Gasteiger charge is -2.12. The van der Waals surface area contributed by atoms with Crippen LogP contribution in [-0.2, 0) is 33.0 Å². The smallest absolute Gasteiger partial charge is 0.191 e. The summed E-state index contributed by atoms with van der Waals surface area (Å²) < 4.78 is 4.13. The molecule has 1 aliphatic heterocycles. The Labute approximate surface area is 193 Å². The van der Waals surface area contributed by atoms with E-state index >= 15 is 0 Å². The Hall–Kier alpha value is -1.000. The van der Waals surface area contributed by atoms with E-state index in [1.165, 1.54) is 19.3 Å².